The number of hydrogen-bond donors (Lipinski definition) is 0. The predicted octanol–water partition coefficient (Wildman–Crippen LogP) is 14.1. The Hall–Kier alpha value is -6.84. The molecule has 3 nitrogen and oxygen atoms in total. The molecule has 2 heterocycles. The van der Waals surface area contributed by atoms with E-state index in [1.807, 2.05) is 0 Å². The van der Waals surface area contributed by atoms with Crippen molar-refractivity contribution >= 4 is 104 Å². The molecule has 0 bridgehead atoms. The molecular formula is C48H27NO2. The standard InChI is InChI=1S/C48H27NO2/c1-2-10-28(11-3-1)29-20-22-30(23-21-29)49(39-26-24-37-33-14-6-4-12-31(33)35-16-8-18-41-43(35)45(37)47(39)50-41)40-27-25-38-34-15-7-5-13-32(34)36-17-9-19-42-44(36)46(38)48(40)51-42/h1-27H. The first-order chi connectivity index (χ1) is 25.3. The van der Waals surface area contributed by atoms with Gasteiger partial charge in [-0.2, -0.15) is 0 Å². The van der Waals surface area contributed by atoms with Gasteiger partial charge in [0.15, 0.2) is 11.2 Å². The fraction of sp³-hybridized carbons (Fsp3) is 0. The van der Waals surface area contributed by atoms with Crippen LogP contribution in [0.3, 0.4) is 0 Å². The monoisotopic (exact) mass is 649 g/mol. The first-order valence-electron chi connectivity index (χ1n) is 17.4. The second kappa shape index (κ2) is 9.87. The van der Waals surface area contributed by atoms with Crippen molar-refractivity contribution in [2.75, 3.05) is 4.90 Å². The predicted molar refractivity (Wildman–Crippen MR) is 214 cm³/mol. The molecule has 0 atom stereocenters. The van der Waals surface area contributed by atoms with Gasteiger partial charge in [-0.15, -0.1) is 0 Å². The van der Waals surface area contributed by atoms with Crippen LogP contribution in [0.15, 0.2) is 173 Å². The Balaban J connectivity index is 1.20. The van der Waals surface area contributed by atoms with Crippen molar-refractivity contribution in [2.24, 2.45) is 0 Å². The summed E-state index contributed by atoms with van der Waals surface area (Å²) in [7, 11) is 0. The largest absolute Gasteiger partial charge is 0.454 e. The molecule has 12 aromatic rings. The van der Waals surface area contributed by atoms with E-state index in [9.17, 15) is 0 Å². The molecule has 0 radical (unpaired) electrons. The summed E-state index contributed by atoms with van der Waals surface area (Å²) in [4.78, 5) is 2.33. The lowest BCUT2D eigenvalue weighted by Crippen LogP contribution is -2.10. The van der Waals surface area contributed by atoms with Crippen LogP contribution in [0.4, 0.5) is 17.1 Å². The SMILES string of the molecule is c1ccc(-c2ccc(N(c3ccc4c5ccccc5c5cccc6oc3c4c65)c3ccc4c5ccccc5c5cccc6oc3c4c65)cc2)cc1. The Morgan fingerprint density at radius 1 is 0.294 bits per heavy atom. The van der Waals surface area contributed by atoms with Crippen molar-refractivity contribution < 1.29 is 8.83 Å². The normalized spacial score (nSPS) is 12.3. The zero-order valence-electron chi connectivity index (χ0n) is 27.4. The summed E-state index contributed by atoms with van der Waals surface area (Å²) in [6.45, 7) is 0. The highest BCUT2D eigenvalue weighted by Crippen LogP contribution is 2.52. The molecule has 0 amide bonds. The molecule has 10 aromatic carbocycles. The summed E-state index contributed by atoms with van der Waals surface area (Å²) >= 11 is 0. The van der Waals surface area contributed by atoms with Crippen molar-refractivity contribution in [3.63, 3.8) is 0 Å². The molecule has 3 heteroatoms. The molecule has 0 saturated heterocycles. The van der Waals surface area contributed by atoms with Crippen LogP contribution in [0.5, 0.6) is 0 Å². The smallest absolute Gasteiger partial charge is 0.160 e. The van der Waals surface area contributed by atoms with E-state index in [1.165, 1.54) is 65.0 Å². The Bertz CT molecular complexity index is 3110. The Morgan fingerprint density at radius 3 is 1.20 bits per heavy atom. The van der Waals surface area contributed by atoms with Gasteiger partial charge in [0.25, 0.3) is 0 Å². The van der Waals surface area contributed by atoms with E-state index in [4.69, 9.17) is 8.83 Å². The lowest BCUT2D eigenvalue weighted by molar-refractivity contribution is 0.666. The van der Waals surface area contributed by atoms with E-state index < -0.39 is 0 Å². The first-order valence-corrected chi connectivity index (χ1v) is 17.4. The van der Waals surface area contributed by atoms with E-state index in [1.54, 1.807) is 0 Å². The van der Waals surface area contributed by atoms with Gasteiger partial charge < -0.3 is 13.7 Å². The minimum Gasteiger partial charge on any atom is -0.454 e. The molecule has 0 aliphatic carbocycles. The van der Waals surface area contributed by atoms with Gasteiger partial charge in [0.2, 0.25) is 0 Å². The highest BCUT2D eigenvalue weighted by Gasteiger charge is 2.27. The summed E-state index contributed by atoms with van der Waals surface area (Å²) in [5, 5.41) is 14.4. The fourth-order valence-electron chi connectivity index (χ4n) is 8.81. The van der Waals surface area contributed by atoms with Crippen LogP contribution in [0.1, 0.15) is 0 Å². The lowest BCUT2D eigenvalue weighted by atomic mass is 9.93. The zero-order valence-corrected chi connectivity index (χ0v) is 27.4. The van der Waals surface area contributed by atoms with Crippen molar-refractivity contribution in [1.82, 2.24) is 0 Å². The number of anilines is 3. The van der Waals surface area contributed by atoms with Crippen molar-refractivity contribution in [3.05, 3.63) is 164 Å². The third-order valence-corrected chi connectivity index (χ3v) is 11.0. The number of hydrogen-bond acceptors (Lipinski definition) is 3. The quantitative estimate of drug-likeness (QED) is 0.178. The van der Waals surface area contributed by atoms with Crippen LogP contribution in [0.25, 0.3) is 98.1 Å². The Kier molecular flexibility index (Phi) is 5.23. The van der Waals surface area contributed by atoms with Crippen molar-refractivity contribution in [2.45, 2.75) is 0 Å². The van der Waals surface area contributed by atoms with Gasteiger partial charge in [0.1, 0.15) is 11.2 Å². The molecule has 0 unspecified atom stereocenters. The summed E-state index contributed by atoms with van der Waals surface area (Å²) in [5.41, 5.74) is 8.82. The molecule has 2 aromatic heterocycles. The van der Waals surface area contributed by atoms with Gasteiger partial charge in [-0.3, -0.25) is 0 Å². The minimum absolute atomic E-state index is 0.864. The van der Waals surface area contributed by atoms with E-state index in [2.05, 4.69) is 169 Å². The average molecular weight is 650 g/mol. The topological polar surface area (TPSA) is 29.5 Å². The number of furan rings is 2. The highest BCUT2D eigenvalue weighted by molar-refractivity contribution is 6.36. The molecule has 0 aliphatic heterocycles. The maximum atomic E-state index is 6.93. The number of rotatable bonds is 4. The third kappa shape index (κ3) is 3.57. The molecule has 0 N–H and O–H groups in total. The third-order valence-electron chi connectivity index (χ3n) is 11.0. The average Bonchev–Trinajstić information content (AvgIpc) is 3.79. The minimum atomic E-state index is 0.864. The Labute approximate surface area is 291 Å². The first kappa shape index (κ1) is 27.0. The van der Waals surface area contributed by atoms with Gasteiger partial charge in [-0.05, 0) is 90.6 Å². The molecule has 12 rings (SSSR count). The molecule has 0 saturated carbocycles. The molecule has 0 fully saturated rings. The van der Waals surface area contributed by atoms with Gasteiger partial charge in [0, 0.05) is 27.2 Å². The van der Waals surface area contributed by atoms with Crippen LogP contribution in [0.2, 0.25) is 0 Å². The van der Waals surface area contributed by atoms with Gasteiger partial charge in [-0.25, -0.2) is 0 Å². The Morgan fingerprint density at radius 2 is 0.706 bits per heavy atom. The van der Waals surface area contributed by atoms with E-state index in [0.717, 1.165) is 50.2 Å². The molecule has 0 aliphatic rings. The van der Waals surface area contributed by atoms with Gasteiger partial charge in [0.05, 0.1) is 11.4 Å². The molecular weight excluding hydrogens is 623 g/mol. The summed E-state index contributed by atoms with van der Waals surface area (Å²) in [6, 6.07) is 58.6. The van der Waals surface area contributed by atoms with Gasteiger partial charge >= 0.3 is 0 Å². The highest BCUT2D eigenvalue weighted by atomic mass is 16.3. The second-order valence-corrected chi connectivity index (χ2v) is 13.6. The van der Waals surface area contributed by atoms with Crippen LogP contribution in [-0.2, 0) is 0 Å². The van der Waals surface area contributed by atoms with Crippen LogP contribution >= 0.6 is 0 Å². The van der Waals surface area contributed by atoms with E-state index in [0.29, 0.717) is 0 Å². The lowest BCUT2D eigenvalue weighted by Gasteiger charge is -2.26. The zero-order chi connectivity index (χ0) is 33.2. The summed E-state index contributed by atoms with van der Waals surface area (Å²) in [5.74, 6) is 0. The van der Waals surface area contributed by atoms with Crippen molar-refractivity contribution in [1.29, 1.82) is 0 Å². The van der Waals surface area contributed by atoms with E-state index in [-0.39, 0.29) is 0 Å². The number of fused-ring (bicyclic) bond motifs is 6. The van der Waals surface area contributed by atoms with Crippen LogP contribution < -0.4 is 4.90 Å². The van der Waals surface area contributed by atoms with Crippen LogP contribution in [-0.4, -0.2) is 0 Å². The maximum absolute atomic E-state index is 6.93. The van der Waals surface area contributed by atoms with E-state index >= 15 is 0 Å². The fourth-order valence-corrected chi connectivity index (χ4v) is 8.81. The summed E-state index contributed by atoms with van der Waals surface area (Å²) < 4.78 is 13.9. The molecule has 236 valence electrons. The second-order valence-electron chi connectivity index (χ2n) is 13.6. The maximum Gasteiger partial charge on any atom is 0.160 e. The van der Waals surface area contributed by atoms with Gasteiger partial charge in [-0.1, -0.05) is 127 Å². The number of benzene rings is 10. The molecule has 51 heavy (non-hydrogen) atoms. The van der Waals surface area contributed by atoms with Crippen LogP contribution in [0, 0.1) is 0 Å². The molecule has 0 spiro atoms. The van der Waals surface area contributed by atoms with Crippen molar-refractivity contribution in [3.8, 4) is 11.1 Å². The summed E-state index contributed by atoms with van der Waals surface area (Å²) in [6.07, 6.45) is 0. The number of nitrogens with zero attached hydrogens (tertiary/aromatic N) is 1.